The number of benzene rings is 3. The number of hydrogen-bond acceptors (Lipinski definition) is 7. The Balaban J connectivity index is 1.64. The van der Waals surface area contributed by atoms with Gasteiger partial charge in [-0.25, -0.2) is 4.79 Å². The lowest BCUT2D eigenvalue weighted by molar-refractivity contribution is -0.154. The van der Waals surface area contributed by atoms with Crippen LogP contribution in [0.5, 0.6) is 23.0 Å². The van der Waals surface area contributed by atoms with Crippen molar-refractivity contribution < 1.29 is 36.6 Å². The fourth-order valence-corrected chi connectivity index (χ4v) is 5.55. The van der Waals surface area contributed by atoms with Gasteiger partial charge in [0.25, 0.3) is 5.76 Å². The Kier molecular flexibility index (Phi) is 9.53. The molecule has 45 heavy (non-hydrogen) atoms. The number of aryl methyl sites for hydroxylation is 2. The van der Waals surface area contributed by atoms with E-state index in [1.54, 1.807) is 44.2 Å². The third kappa shape index (κ3) is 7.17. The number of rotatable bonds is 8. The van der Waals surface area contributed by atoms with Crippen LogP contribution in [-0.2, 0) is 12.7 Å². The number of halogens is 3. The average molecular weight is 624 g/mol. The lowest BCUT2D eigenvalue weighted by atomic mass is 10.1. The fraction of sp³-hybridized carbons (Fsp3) is 0.371. The largest absolute Gasteiger partial charge is 0.494 e. The fourth-order valence-electron chi connectivity index (χ4n) is 5.55. The maximum atomic E-state index is 14.6. The minimum absolute atomic E-state index is 0.0146. The first-order chi connectivity index (χ1) is 21.5. The van der Waals surface area contributed by atoms with E-state index >= 15 is 0 Å². The van der Waals surface area contributed by atoms with E-state index < -0.39 is 29.1 Å². The van der Waals surface area contributed by atoms with Gasteiger partial charge in [0.15, 0.2) is 0 Å². The summed E-state index contributed by atoms with van der Waals surface area (Å²) in [7, 11) is 0. The van der Waals surface area contributed by atoms with Crippen LogP contribution in [0.4, 0.5) is 13.2 Å². The number of ether oxygens (including phenoxy) is 3. The quantitative estimate of drug-likeness (QED) is 0.144. The van der Waals surface area contributed by atoms with Gasteiger partial charge in [0.2, 0.25) is 11.2 Å². The smallest absolute Gasteiger partial charge is 0.453 e. The van der Waals surface area contributed by atoms with Crippen LogP contribution in [0.3, 0.4) is 0 Å². The van der Waals surface area contributed by atoms with E-state index in [-0.39, 0.29) is 40.1 Å². The number of nitrogens with zero attached hydrogens (tertiary/aromatic N) is 1. The van der Waals surface area contributed by atoms with Crippen molar-refractivity contribution in [3.8, 4) is 23.0 Å². The molecule has 0 unspecified atom stereocenters. The van der Waals surface area contributed by atoms with Crippen molar-refractivity contribution in [1.82, 2.24) is 4.90 Å². The van der Waals surface area contributed by atoms with Crippen LogP contribution in [0.25, 0.3) is 11.0 Å². The highest BCUT2D eigenvalue weighted by Gasteiger charge is 2.41. The van der Waals surface area contributed by atoms with Crippen molar-refractivity contribution in [2.24, 2.45) is 0 Å². The molecule has 2 heterocycles. The lowest BCUT2D eigenvalue weighted by Gasteiger charge is -2.23. The summed E-state index contributed by atoms with van der Waals surface area (Å²) in [6.45, 7) is 9.15. The molecule has 0 amide bonds. The molecule has 1 fully saturated rings. The van der Waals surface area contributed by atoms with Crippen LogP contribution in [0.2, 0.25) is 0 Å². The van der Waals surface area contributed by atoms with Crippen molar-refractivity contribution in [2.75, 3.05) is 19.7 Å². The van der Waals surface area contributed by atoms with E-state index in [2.05, 4.69) is 4.90 Å². The van der Waals surface area contributed by atoms with Gasteiger partial charge in [-0.15, -0.1) is 0 Å². The standard InChI is InChI=1S/C35H36F3NO6/c1-5-42-25-12-10-24(11-13-25)34(41)44-28-15-14-26-30(40)32(43-29-19-21(2)18-22(3)23(29)4)33(35(36,37)38)45-31(26)27(28)20-39-16-8-6-7-9-17-39/h10-15,18-19H,5-9,16-17,20H2,1-4H3. The first kappa shape index (κ1) is 32.1. The van der Waals surface area contributed by atoms with E-state index in [1.165, 1.54) is 12.1 Å². The van der Waals surface area contributed by atoms with Crippen LogP contribution >= 0.6 is 0 Å². The molecule has 4 aromatic rings. The number of hydrogen-bond donors (Lipinski definition) is 0. The zero-order valence-electron chi connectivity index (χ0n) is 25.8. The molecule has 0 N–H and O–H groups in total. The topological polar surface area (TPSA) is 78.2 Å². The molecule has 0 radical (unpaired) electrons. The third-order valence-electron chi connectivity index (χ3n) is 8.00. The molecule has 0 saturated carbocycles. The Morgan fingerprint density at radius 1 is 0.933 bits per heavy atom. The number of fused-ring (bicyclic) bond motifs is 1. The number of carbonyl (C=O) groups is 1. The minimum atomic E-state index is -5.05. The number of alkyl halides is 3. The summed E-state index contributed by atoms with van der Waals surface area (Å²) < 4.78 is 66.2. The van der Waals surface area contributed by atoms with Gasteiger partial charge in [0.1, 0.15) is 22.8 Å². The zero-order chi connectivity index (χ0) is 32.3. The van der Waals surface area contributed by atoms with Crippen LogP contribution in [0, 0.1) is 20.8 Å². The normalized spacial score (nSPS) is 14.3. The van der Waals surface area contributed by atoms with Crippen LogP contribution in [0.15, 0.2) is 57.7 Å². The molecule has 3 aromatic carbocycles. The molecule has 238 valence electrons. The highest BCUT2D eigenvalue weighted by molar-refractivity contribution is 5.92. The number of carbonyl (C=O) groups excluding carboxylic acids is 1. The molecule has 0 aliphatic carbocycles. The predicted octanol–water partition coefficient (Wildman–Crippen LogP) is 8.52. The van der Waals surface area contributed by atoms with Gasteiger partial charge in [0, 0.05) is 6.54 Å². The summed E-state index contributed by atoms with van der Waals surface area (Å²) in [5.41, 5.74) is 1.33. The summed E-state index contributed by atoms with van der Waals surface area (Å²) in [6, 6.07) is 12.6. The summed E-state index contributed by atoms with van der Waals surface area (Å²) in [6.07, 6.45) is -1.15. The van der Waals surface area contributed by atoms with Crippen molar-refractivity contribution in [3.63, 3.8) is 0 Å². The molecule has 0 bridgehead atoms. The molecule has 1 aliphatic heterocycles. The summed E-state index contributed by atoms with van der Waals surface area (Å²) >= 11 is 0. The average Bonchev–Trinajstić information content (AvgIpc) is 3.26. The maximum absolute atomic E-state index is 14.6. The highest BCUT2D eigenvalue weighted by Crippen LogP contribution is 2.41. The van der Waals surface area contributed by atoms with Crippen molar-refractivity contribution in [1.29, 1.82) is 0 Å². The van der Waals surface area contributed by atoms with E-state index in [9.17, 15) is 22.8 Å². The maximum Gasteiger partial charge on any atom is 0.453 e. The van der Waals surface area contributed by atoms with E-state index in [0.29, 0.717) is 31.0 Å². The zero-order valence-corrected chi connectivity index (χ0v) is 25.8. The molecule has 0 atom stereocenters. The Labute approximate surface area is 259 Å². The second-order valence-electron chi connectivity index (χ2n) is 11.4. The summed E-state index contributed by atoms with van der Waals surface area (Å²) in [4.78, 5) is 29.1. The second kappa shape index (κ2) is 13.4. The van der Waals surface area contributed by atoms with Gasteiger partial charge in [-0.3, -0.25) is 9.69 Å². The predicted molar refractivity (Wildman–Crippen MR) is 165 cm³/mol. The molecule has 1 aliphatic rings. The van der Waals surface area contributed by atoms with E-state index in [1.807, 2.05) is 19.9 Å². The highest BCUT2D eigenvalue weighted by atomic mass is 19.4. The Morgan fingerprint density at radius 3 is 2.27 bits per heavy atom. The molecule has 5 rings (SSSR count). The van der Waals surface area contributed by atoms with Crippen molar-refractivity contribution >= 4 is 16.9 Å². The lowest BCUT2D eigenvalue weighted by Crippen LogP contribution is -2.25. The monoisotopic (exact) mass is 623 g/mol. The number of likely N-dealkylation sites (tertiary alicyclic amines) is 1. The van der Waals surface area contributed by atoms with Crippen LogP contribution in [0.1, 0.15) is 71.0 Å². The van der Waals surface area contributed by atoms with Gasteiger partial charge in [-0.2, -0.15) is 13.2 Å². The molecular formula is C35H36F3NO6. The molecule has 1 saturated heterocycles. The van der Waals surface area contributed by atoms with Crippen LogP contribution < -0.4 is 19.6 Å². The molecular weight excluding hydrogens is 587 g/mol. The molecule has 0 spiro atoms. The van der Waals surface area contributed by atoms with Gasteiger partial charge in [0.05, 0.1) is 23.1 Å². The van der Waals surface area contributed by atoms with E-state index in [4.69, 9.17) is 18.6 Å². The van der Waals surface area contributed by atoms with Gasteiger partial charge in [-0.05, 0) is 113 Å². The van der Waals surface area contributed by atoms with Gasteiger partial charge < -0.3 is 18.6 Å². The Hall–Kier alpha value is -4.31. The van der Waals surface area contributed by atoms with Gasteiger partial charge in [-0.1, -0.05) is 18.9 Å². The van der Waals surface area contributed by atoms with Crippen molar-refractivity contribution in [2.45, 2.75) is 66.1 Å². The third-order valence-corrected chi connectivity index (χ3v) is 8.00. The summed E-state index contributed by atoms with van der Waals surface area (Å²) in [5.74, 6) is -2.47. The molecule has 10 heteroatoms. The first-order valence-corrected chi connectivity index (χ1v) is 15.1. The SMILES string of the molecule is CCOc1ccc(C(=O)Oc2ccc3c(=O)c(Oc4cc(C)cc(C)c4C)c(C(F)(F)F)oc3c2CN2CCCCCC2)cc1. The van der Waals surface area contributed by atoms with Crippen molar-refractivity contribution in [3.05, 3.63) is 92.3 Å². The van der Waals surface area contributed by atoms with Gasteiger partial charge >= 0.3 is 12.1 Å². The molecule has 1 aromatic heterocycles. The molecule has 7 nitrogen and oxygen atoms in total. The first-order valence-electron chi connectivity index (χ1n) is 15.1. The Bertz CT molecular complexity index is 1750. The van der Waals surface area contributed by atoms with E-state index in [0.717, 1.165) is 36.8 Å². The minimum Gasteiger partial charge on any atom is -0.494 e. The van der Waals surface area contributed by atoms with Crippen LogP contribution in [-0.4, -0.2) is 30.6 Å². The number of esters is 1. The Morgan fingerprint density at radius 2 is 1.62 bits per heavy atom. The summed E-state index contributed by atoms with van der Waals surface area (Å²) in [5, 5.41) is -0.106. The second-order valence-corrected chi connectivity index (χ2v) is 11.4.